The van der Waals surface area contributed by atoms with Crippen molar-refractivity contribution in [2.45, 2.75) is 12.0 Å². The first-order valence-electron chi connectivity index (χ1n) is 7.63. The second-order valence-electron chi connectivity index (χ2n) is 5.47. The Hall–Kier alpha value is -2.41. The van der Waals surface area contributed by atoms with Crippen molar-refractivity contribution >= 4 is 15.9 Å². The largest absolute Gasteiger partial charge is 0.373 e. The van der Waals surface area contributed by atoms with Gasteiger partial charge in [-0.25, -0.2) is 4.98 Å². The van der Waals surface area contributed by atoms with Gasteiger partial charge in [-0.3, -0.25) is 0 Å². The molecule has 0 radical (unpaired) electrons. The molecule has 0 aliphatic heterocycles. The minimum atomic E-state index is -1.28. The maximum atomic E-state index is 11.3. The summed E-state index contributed by atoms with van der Waals surface area (Å²) in [7, 11) is 0. The van der Waals surface area contributed by atoms with Gasteiger partial charge in [0, 0.05) is 12.6 Å². The van der Waals surface area contributed by atoms with E-state index in [0.717, 1.165) is 15.6 Å². The lowest BCUT2D eigenvalue weighted by Crippen LogP contribution is -2.26. The van der Waals surface area contributed by atoms with Crippen LogP contribution in [0.3, 0.4) is 0 Å². The molecule has 1 N–H and O–H groups in total. The molecule has 0 spiro atoms. The van der Waals surface area contributed by atoms with E-state index in [1.165, 1.54) is 0 Å². The SMILES string of the molecule is OC(C#Cc1ncccc1Br)(Cc1ccccc1)c1ccccc1. The van der Waals surface area contributed by atoms with Gasteiger partial charge >= 0.3 is 0 Å². The van der Waals surface area contributed by atoms with Crippen LogP contribution < -0.4 is 0 Å². The molecule has 0 fully saturated rings. The van der Waals surface area contributed by atoms with E-state index < -0.39 is 5.60 Å². The highest BCUT2D eigenvalue weighted by Gasteiger charge is 2.27. The monoisotopic (exact) mass is 377 g/mol. The van der Waals surface area contributed by atoms with Gasteiger partial charge in [0.2, 0.25) is 0 Å². The average Bonchev–Trinajstić information content (AvgIpc) is 2.63. The molecule has 1 aromatic heterocycles. The molecule has 3 rings (SSSR count). The van der Waals surface area contributed by atoms with Crippen molar-refractivity contribution in [3.63, 3.8) is 0 Å². The number of aliphatic hydroxyl groups is 1. The molecule has 0 saturated carbocycles. The van der Waals surface area contributed by atoms with Crippen molar-refractivity contribution in [1.29, 1.82) is 0 Å². The maximum Gasteiger partial charge on any atom is 0.155 e. The second kappa shape index (κ2) is 7.44. The van der Waals surface area contributed by atoms with E-state index in [4.69, 9.17) is 0 Å². The van der Waals surface area contributed by atoms with E-state index >= 15 is 0 Å². The third-order valence-corrected chi connectivity index (χ3v) is 4.34. The van der Waals surface area contributed by atoms with E-state index in [0.29, 0.717) is 12.1 Å². The van der Waals surface area contributed by atoms with E-state index in [1.54, 1.807) is 6.20 Å². The second-order valence-corrected chi connectivity index (χ2v) is 6.33. The summed E-state index contributed by atoms with van der Waals surface area (Å²) < 4.78 is 0.813. The number of rotatable bonds is 3. The van der Waals surface area contributed by atoms with Gasteiger partial charge in [-0.15, -0.1) is 0 Å². The zero-order chi connectivity index (χ0) is 16.8. The van der Waals surface area contributed by atoms with Gasteiger partial charge in [0.15, 0.2) is 5.60 Å². The van der Waals surface area contributed by atoms with Gasteiger partial charge in [0.25, 0.3) is 0 Å². The number of hydrogen-bond donors (Lipinski definition) is 1. The molecule has 24 heavy (non-hydrogen) atoms. The zero-order valence-corrected chi connectivity index (χ0v) is 14.6. The van der Waals surface area contributed by atoms with Crippen molar-refractivity contribution in [2.24, 2.45) is 0 Å². The van der Waals surface area contributed by atoms with Crippen LogP contribution in [0, 0.1) is 11.8 Å². The van der Waals surface area contributed by atoms with Gasteiger partial charge in [-0.05, 0) is 45.1 Å². The zero-order valence-electron chi connectivity index (χ0n) is 13.0. The molecular formula is C21H16BrNO. The van der Waals surface area contributed by atoms with Crippen molar-refractivity contribution in [3.8, 4) is 11.8 Å². The van der Waals surface area contributed by atoms with Gasteiger partial charge in [-0.1, -0.05) is 66.6 Å². The Kier molecular flexibility index (Phi) is 5.10. The molecule has 0 amide bonds. The standard InChI is InChI=1S/C21H16BrNO/c22-19-12-7-15-23-20(19)13-14-21(24,18-10-5-2-6-11-18)16-17-8-3-1-4-9-17/h1-12,15,24H,16H2. The Morgan fingerprint density at radius 1 is 0.917 bits per heavy atom. The number of benzene rings is 2. The molecule has 2 nitrogen and oxygen atoms in total. The number of aromatic nitrogens is 1. The molecular weight excluding hydrogens is 362 g/mol. The Labute approximate surface area is 150 Å². The summed E-state index contributed by atoms with van der Waals surface area (Å²) in [5.74, 6) is 6.05. The van der Waals surface area contributed by atoms with Crippen LogP contribution in [0.1, 0.15) is 16.8 Å². The first-order chi connectivity index (χ1) is 11.7. The smallest absolute Gasteiger partial charge is 0.155 e. The highest BCUT2D eigenvalue weighted by Crippen LogP contribution is 2.25. The Morgan fingerprint density at radius 2 is 1.58 bits per heavy atom. The van der Waals surface area contributed by atoms with Crippen LogP contribution in [-0.4, -0.2) is 10.1 Å². The van der Waals surface area contributed by atoms with Gasteiger partial charge in [-0.2, -0.15) is 0 Å². The Bertz CT molecular complexity index is 868. The molecule has 2 aromatic carbocycles. The lowest BCUT2D eigenvalue weighted by atomic mass is 9.87. The van der Waals surface area contributed by atoms with Crippen molar-refractivity contribution in [2.75, 3.05) is 0 Å². The Morgan fingerprint density at radius 3 is 2.25 bits per heavy atom. The lowest BCUT2D eigenvalue weighted by molar-refractivity contribution is 0.101. The van der Waals surface area contributed by atoms with Crippen LogP contribution >= 0.6 is 15.9 Å². The van der Waals surface area contributed by atoms with Gasteiger partial charge in [0.1, 0.15) is 5.69 Å². The van der Waals surface area contributed by atoms with E-state index in [1.807, 2.05) is 72.8 Å². The summed E-state index contributed by atoms with van der Waals surface area (Å²) in [6.45, 7) is 0. The highest BCUT2D eigenvalue weighted by molar-refractivity contribution is 9.10. The molecule has 1 unspecified atom stereocenters. The first-order valence-corrected chi connectivity index (χ1v) is 8.42. The summed E-state index contributed by atoms with van der Waals surface area (Å²) in [6.07, 6.45) is 2.10. The molecule has 0 aliphatic rings. The summed E-state index contributed by atoms with van der Waals surface area (Å²) >= 11 is 3.44. The Balaban J connectivity index is 2.02. The number of nitrogens with zero attached hydrogens (tertiary/aromatic N) is 1. The van der Waals surface area contributed by atoms with Crippen LogP contribution in [0.5, 0.6) is 0 Å². The molecule has 118 valence electrons. The van der Waals surface area contributed by atoms with E-state index in [9.17, 15) is 5.11 Å². The number of hydrogen-bond acceptors (Lipinski definition) is 2. The molecule has 1 atom stereocenters. The lowest BCUT2D eigenvalue weighted by Gasteiger charge is -2.23. The van der Waals surface area contributed by atoms with Crippen molar-refractivity contribution in [3.05, 3.63) is 100 Å². The number of pyridine rings is 1. The van der Waals surface area contributed by atoms with Crippen LogP contribution in [0.15, 0.2) is 83.5 Å². The van der Waals surface area contributed by atoms with Crippen LogP contribution in [0.4, 0.5) is 0 Å². The fourth-order valence-corrected chi connectivity index (χ4v) is 2.82. The van der Waals surface area contributed by atoms with Crippen molar-refractivity contribution < 1.29 is 5.11 Å². The highest BCUT2D eigenvalue weighted by atomic mass is 79.9. The van der Waals surface area contributed by atoms with Crippen LogP contribution in [0.2, 0.25) is 0 Å². The minimum Gasteiger partial charge on any atom is -0.373 e. The fraction of sp³-hybridized carbons (Fsp3) is 0.0952. The molecule has 3 heteroatoms. The summed E-state index contributed by atoms with van der Waals surface area (Å²) in [5, 5.41) is 11.3. The minimum absolute atomic E-state index is 0.412. The third-order valence-electron chi connectivity index (χ3n) is 3.70. The fourth-order valence-electron chi connectivity index (χ4n) is 2.46. The normalized spacial score (nSPS) is 12.8. The average molecular weight is 378 g/mol. The molecule has 0 bridgehead atoms. The molecule has 1 heterocycles. The van der Waals surface area contributed by atoms with Gasteiger partial charge in [0.05, 0.1) is 4.47 Å². The summed E-state index contributed by atoms with van der Waals surface area (Å²) in [6, 6.07) is 23.1. The predicted octanol–water partition coefficient (Wildman–Crippen LogP) is 4.33. The third kappa shape index (κ3) is 3.91. The van der Waals surface area contributed by atoms with Crippen LogP contribution in [0.25, 0.3) is 0 Å². The molecule has 0 aliphatic carbocycles. The predicted molar refractivity (Wildman–Crippen MR) is 99.3 cm³/mol. The van der Waals surface area contributed by atoms with Crippen LogP contribution in [-0.2, 0) is 12.0 Å². The molecule has 0 saturated heterocycles. The molecule has 3 aromatic rings. The summed E-state index contributed by atoms with van der Waals surface area (Å²) in [5.41, 5.74) is 1.13. The topological polar surface area (TPSA) is 33.1 Å². The first kappa shape index (κ1) is 16.4. The van der Waals surface area contributed by atoms with Crippen molar-refractivity contribution in [1.82, 2.24) is 4.98 Å². The maximum absolute atomic E-state index is 11.3. The van der Waals surface area contributed by atoms with E-state index in [-0.39, 0.29) is 0 Å². The van der Waals surface area contributed by atoms with E-state index in [2.05, 4.69) is 32.8 Å². The quantitative estimate of drug-likeness (QED) is 0.689. The van der Waals surface area contributed by atoms with Gasteiger partial charge < -0.3 is 5.11 Å². The number of halogens is 1. The summed E-state index contributed by atoms with van der Waals surface area (Å²) in [4.78, 5) is 4.25.